The van der Waals surface area contributed by atoms with Gasteiger partial charge in [-0.3, -0.25) is 0 Å². The van der Waals surface area contributed by atoms with Crippen molar-refractivity contribution in [3.8, 4) is 0 Å². The maximum Gasteiger partial charge on any atom is 0.191 e. The van der Waals surface area contributed by atoms with Gasteiger partial charge in [0.15, 0.2) is 5.96 Å². The lowest BCUT2D eigenvalue weighted by molar-refractivity contribution is 0.610. The van der Waals surface area contributed by atoms with Crippen LogP contribution < -0.4 is 10.6 Å². The number of halogens is 2. The summed E-state index contributed by atoms with van der Waals surface area (Å²) in [7, 11) is 0. The first kappa shape index (κ1) is 16.9. The second-order valence-electron chi connectivity index (χ2n) is 4.65. The second kappa shape index (κ2) is 8.24. The quantitative estimate of drug-likeness (QED) is 0.611. The topological polar surface area (TPSA) is 49.3 Å². The number of aryl methyl sites for hydroxylation is 1. The van der Waals surface area contributed by atoms with Crippen LogP contribution in [0.2, 0.25) is 0 Å². The number of aromatic nitrogens is 1. The number of aliphatic imine (C=N–C) groups is 1. The molecule has 0 saturated heterocycles. The van der Waals surface area contributed by atoms with Crippen LogP contribution >= 0.6 is 27.3 Å². The molecule has 0 bridgehead atoms. The first-order valence-corrected chi connectivity index (χ1v) is 8.57. The lowest BCUT2D eigenvalue weighted by Gasteiger charge is -2.10. The standard InChI is InChI=1S/C15H18BrFN4S/c1-3-18-15(21-9-14-19-7-10(2)22-14)20-8-11-6-12(16)4-5-13(11)17/h4-7H,3,8-9H2,1-2H3,(H2,18,20,21). The Kier molecular flexibility index (Phi) is 6.33. The maximum atomic E-state index is 13.7. The van der Waals surface area contributed by atoms with Crippen LogP contribution in [0.25, 0.3) is 0 Å². The molecule has 0 spiro atoms. The normalized spacial score (nSPS) is 11.5. The van der Waals surface area contributed by atoms with Gasteiger partial charge in [-0.25, -0.2) is 14.4 Å². The summed E-state index contributed by atoms with van der Waals surface area (Å²) in [5.41, 5.74) is 0.552. The number of benzene rings is 1. The van der Waals surface area contributed by atoms with E-state index in [1.165, 1.54) is 10.9 Å². The van der Waals surface area contributed by atoms with E-state index in [1.54, 1.807) is 23.5 Å². The van der Waals surface area contributed by atoms with Gasteiger partial charge in [0.05, 0.1) is 13.1 Å². The molecule has 1 aromatic carbocycles. The Morgan fingerprint density at radius 2 is 2.23 bits per heavy atom. The van der Waals surface area contributed by atoms with Crippen LogP contribution in [-0.4, -0.2) is 17.5 Å². The number of hydrogen-bond donors (Lipinski definition) is 2. The zero-order chi connectivity index (χ0) is 15.9. The molecule has 2 aromatic rings. The van der Waals surface area contributed by atoms with Crippen LogP contribution in [0.5, 0.6) is 0 Å². The molecule has 0 aliphatic rings. The van der Waals surface area contributed by atoms with E-state index in [0.29, 0.717) is 18.1 Å². The van der Waals surface area contributed by atoms with Gasteiger partial charge in [0.25, 0.3) is 0 Å². The van der Waals surface area contributed by atoms with Gasteiger partial charge in [0.1, 0.15) is 10.8 Å². The summed E-state index contributed by atoms with van der Waals surface area (Å²) in [4.78, 5) is 9.89. The van der Waals surface area contributed by atoms with E-state index in [9.17, 15) is 4.39 Å². The van der Waals surface area contributed by atoms with Gasteiger partial charge in [0.2, 0.25) is 0 Å². The molecular formula is C15H18BrFN4S. The third-order valence-corrected chi connectivity index (χ3v) is 4.24. The smallest absolute Gasteiger partial charge is 0.191 e. The van der Waals surface area contributed by atoms with Crippen molar-refractivity contribution in [1.29, 1.82) is 0 Å². The van der Waals surface area contributed by atoms with Crippen molar-refractivity contribution in [3.05, 3.63) is 50.1 Å². The fraction of sp³-hybridized carbons (Fsp3) is 0.333. The highest BCUT2D eigenvalue weighted by Gasteiger charge is 2.04. The van der Waals surface area contributed by atoms with Crippen molar-refractivity contribution in [2.75, 3.05) is 6.54 Å². The van der Waals surface area contributed by atoms with Crippen LogP contribution in [0, 0.1) is 12.7 Å². The molecule has 0 atom stereocenters. The number of nitrogens with zero attached hydrogens (tertiary/aromatic N) is 2. The van der Waals surface area contributed by atoms with E-state index in [1.807, 2.05) is 20.0 Å². The molecule has 0 unspecified atom stereocenters. The molecule has 0 saturated carbocycles. The van der Waals surface area contributed by atoms with Crippen molar-refractivity contribution in [3.63, 3.8) is 0 Å². The summed E-state index contributed by atoms with van der Waals surface area (Å²) < 4.78 is 14.6. The Hall–Kier alpha value is -1.47. The van der Waals surface area contributed by atoms with Crippen LogP contribution in [0.15, 0.2) is 33.9 Å². The summed E-state index contributed by atoms with van der Waals surface area (Å²) in [5.74, 6) is 0.396. The van der Waals surface area contributed by atoms with Gasteiger partial charge in [-0.15, -0.1) is 11.3 Å². The van der Waals surface area contributed by atoms with Gasteiger partial charge < -0.3 is 10.6 Å². The lowest BCUT2D eigenvalue weighted by atomic mass is 10.2. The minimum absolute atomic E-state index is 0.252. The third-order valence-electron chi connectivity index (χ3n) is 2.84. The molecule has 0 aliphatic heterocycles. The van der Waals surface area contributed by atoms with E-state index < -0.39 is 0 Å². The van der Waals surface area contributed by atoms with Gasteiger partial charge >= 0.3 is 0 Å². The average molecular weight is 385 g/mol. The predicted molar refractivity (Wildman–Crippen MR) is 92.6 cm³/mol. The zero-order valence-corrected chi connectivity index (χ0v) is 14.9. The lowest BCUT2D eigenvalue weighted by Crippen LogP contribution is -2.36. The van der Waals surface area contributed by atoms with Crippen LogP contribution in [0.3, 0.4) is 0 Å². The molecule has 2 rings (SSSR count). The molecule has 4 nitrogen and oxygen atoms in total. The molecular weight excluding hydrogens is 367 g/mol. The molecule has 0 amide bonds. The van der Waals surface area contributed by atoms with Crippen molar-refractivity contribution >= 4 is 33.2 Å². The van der Waals surface area contributed by atoms with Crippen molar-refractivity contribution in [2.45, 2.75) is 26.9 Å². The van der Waals surface area contributed by atoms with Crippen LogP contribution in [0.1, 0.15) is 22.4 Å². The molecule has 1 aromatic heterocycles. The van der Waals surface area contributed by atoms with Gasteiger partial charge in [-0.2, -0.15) is 0 Å². The average Bonchev–Trinajstić information content (AvgIpc) is 2.91. The summed E-state index contributed by atoms with van der Waals surface area (Å²) in [6.45, 7) is 5.63. The Morgan fingerprint density at radius 3 is 2.91 bits per heavy atom. The molecule has 0 radical (unpaired) electrons. The number of nitrogens with one attached hydrogen (secondary N) is 2. The van der Waals surface area contributed by atoms with Crippen LogP contribution in [0.4, 0.5) is 4.39 Å². The molecule has 2 N–H and O–H groups in total. The minimum atomic E-state index is -0.252. The molecule has 1 heterocycles. The number of guanidine groups is 1. The van der Waals surface area contributed by atoms with Gasteiger partial charge in [0, 0.05) is 27.7 Å². The summed E-state index contributed by atoms with van der Waals surface area (Å²) >= 11 is 4.99. The Morgan fingerprint density at radius 1 is 1.41 bits per heavy atom. The fourth-order valence-electron chi connectivity index (χ4n) is 1.81. The number of thiazole rings is 1. The zero-order valence-electron chi connectivity index (χ0n) is 12.5. The Labute approximate surface area is 142 Å². The summed E-state index contributed by atoms with van der Waals surface area (Å²) in [6, 6.07) is 4.86. The largest absolute Gasteiger partial charge is 0.357 e. The number of hydrogen-bond acceptors (Lipinski definition) is 3. The highest BCUT2D eigenvalue weighted by Crippen LogP contribution is 2.16. The van der Waals surface area contributed by atoms with E-state index >= 15 is 0 Å². The molecule has 0 aliphatic carbocycles. The monoisotopic (exact) mass is 384 g/mol. The Bertz CT molecular complexity index is 657. The third kappa shape index (κ3) is 5.06. The molecule has 0 fully saturated rings. The second-order valence-corrected chi connectivity index (χ2v) is 6.88. The molecule has 7 heteroatoms. The summed E-state index contributed by atoms with van der Waals surface area (Å²) in [6.07, 6.45) is 1.85. The van der Waals surface area contributed by atoms with E-state index in [4.69, 9.17) is 0 Å². The van der Waals surface area contributed by atoms with Crippen molar-refractivity contribution in [2.24, 2.45) is 4.99 Å². The van der Waals surface area contributed by atoms with Crippen LogP contribution in [-0.2, 0) is 13.1 Å². The minimum Gasteiger partial charge on any atom is -0.357 e. The number of rotatable bonds is 5. The van der Waals surface area contributed by atoms with E-state index in [2.05, 4.69) is 36.5 Å². The molecule has 22 heavy (non-hydrogen) atoms. The van der Waals surface area contributed by atoms with E-state index in [0.717, 1.165) is 16.0 Å². The first-order valence-electron chi connectivity index (χ1n) is 6.96. The summed E-state index contributed by atoms with van der Waals surface area (Å²) in [5, 5.41) is 7.35. The van der Waals surface area contributed by atoms with E-state index in [-0.39, 0.29) is 12.4 Å². The first-order chi connectivity index (χ1) is 10.6. The van der Waals surface area contributed by atoms with Crippen molar-refractivity contribution in [1.82, 2.24) is 15.6 Å². The Balaban J connectivity index is 2.01. The highest BCUT2D eigenvalue weighted by atomic mass is 79.9. The van der Waals surface area contributed by atoms with Gasteiger partial charge in [-0.1, -0.05) is 15.9 Å². The molecule has 118 valence electrons. The van der Waals surface area contributed by atoms with Gasteiger partial charge in [-0.05, 0) is 32.0 Å². The SMILES string of the molecule is CCNC(=NCc1cc(Br)ccc1F)NCc1ncc(C)s1. The fourth-order valence-corrected chi connectivity index (χ4v) is 2.95. The van der Waals surface area contributed by atoms with Crippen molar-refractivity contribution < 1.29 is 4.39 Å². The highest BCUT2D eigenvalue weighted by molar-refractivity contribution is 9.10. The predicted octanol–water partition coefficient (Wildman–Crippen LogP) is 3.61. The maximum absolute atomic E-state index is 13.7.